The van der Waals surface area contributed by atoms with Crippen molar-refractivity contribution in [2.75, 3.05) is 13.2 Å². The molecule has 1 aromatic rings. The highest BCUT2D eigenvalue weighted by Gasteiger charge is 2.30. The molecule has 0 saturated carbocycles. The highest BCUT2D eigenvalue weighted by molar-refractivity contribution is 9.10. The number of carbonyl (C=O) groups is 1. The van der Waals surface area contributed by atoms with Crippen LogP contribution < -0.4 is 4.74 Å². The van der Waals surface area contributed by atoms with Crippen molar-refractivity contribution in [1.82, 2.24) is 4.90 Å². The van der Waals surface area contributed by atoms with Crippen molar-refractivity contribution in [3.63, 3.8) is 0 Å². The zero-order valence-corrected chi connectivity index (χ0v) is 13.9. The lowest BCUT2D eigenvalue weighted by atomic mass is 10.1. The molecule has 20 heavy (non-hydrogen) atoms. The summed E-state index contributed by atoms with van der Waals surface area (Å²) in [5.41, 5.74) is 0.503. The Balaban J connectivity index is 2.25. The molecule has 1 aromatic carbocycles. The van der Waals surface area contributed by atoms with E-state index in [2.05, 4.69) is 15.9 Å². The second-order valence-electron chi connectivity index (χ2n) is 5.88. The number of hydrogen-bond donors (Lipinski definition) is 0. The molecule has 1 heterocycles. The molecule has 0 radical (unpaired) electrons. The molecular formula is C15H20BrNO3. The van der Waals surface area contributed by atoms with Crippen molar-refractivity contribution in [3.05, 3.63) is 28.2 Å². The van der Waals surface area contributed by atoms with E-state index >= 15 is 0 Å². The van der Waals surface area contributed by atoms with Gasteiger partial charge in [-0.2, -0.15) is 0 Å². The molecule has 5 heteroatoms. The fraction of sp³-hybridized carbons (Fsp3) is 0.533. The van der Waals surface area contributed by atoms with E-state index in [1.807, 2.05) is 45.9 Å². The SMILES string of the molecule is CC1c2ccc(Br)cc2OCCN1C(=O)OC(C)(C)C. The van der Waals surface area contributed by atoms with Crippen LogP contribution in [0.3, 0.4) is 0 Å². The third kappa shape index (κ3) is 3.45. The summed E-state index contributed by atoms with van der Waals surface area (Å²) < 4.78 is 12.2. The molecule has 0 saturated heterocycles. The molecule has 0 aromatic heterocycles. The molecule has 1 unspecified atom stereocenters. The standard InChI is InChI=1S/C15H20BrNO3/c1-10-12-6-5-11(16)9-13(12)19-8-7-17(10)14(18)20-15(2,3)4/h5-6,9-10H,7-8H2,1-4H3. The molecule has 110 valence electrons. The van der Waals surface area contributed by atoms with Gasteiger partial charge < -0.3 is 9.47 Å². The fourth-order valence-corrected chi connectivity index (χ4v) is 2.50. The van der Waals surface area contributed by atoms with Crippen LogP contribution >= 0.6 is 15.9 Å². The first-order valence-electron chi connectivity index (χ1n) is 6.70. The number of fused-ring (bicyclic) bond motifs is 1. The molecule has 0 aliphatic carbocycles. The Morgan fingerprint density at radius 1 is 1.45 bits per heavy atom. The first-order chi connectivity index (χ1) is 9.28. The Bertz CT molecular complexity index is 510. The van der Waals surface area contributed by atoms with E-state index in [4.69, 9.17) is 9.47 Å². The average Bonchev–Trinajstić information content (AvgIpc) is 2.46. The van der Waals surface area contributed by atoms with Gasteiger partial charge in [-0.25, -0.2) is 4.79 Å². The fourth-order valence-electron chi connectivity index (χ4n) is 2.16. The molecular weight excluding hydrogens is 322 g/mol. The summed E-state index contributed by atoms with van der Waals surface area (Å²) in [7, 11) is 0. The zero-order chi connectivity index (χ0) is 14.9. The van der Waals surface area contributed by atoms with Gasteiger partial charge in [0.25, 0.3) is 0 Å². The van der Waals surface area contributed by atoms with Crippen molar-refractivity contribution in [3.8, 4) is 5.75 Å². The van der Waals surface area contributed by atoms with E-state index in [0.29, 0.717) is 13.2 Å². The summed E-state index contributed by atoms with van der Waals surface area (Å²) in [5.74, 6) is 0.818. The van der Waals surface area contributed by atoms with Gasteiger partial charge in [0.2, 0.25) is 0 Å². The van der Waals surface area contributed by atoms with Crippen LogP contribution in [0, 0.1) is 0 Å². The van der Waals surface area contributed by atoms with Crippen molar-refractivity contribution in [2.24, 2.45) is 0 Å². The molecule has 0 N–H and O–H groups in total. The topological polar surface area (TPSA) is 38.8 Å². The molecule has 0 fully saturated rings. The molecule has 1 aliphatic heterocycles. The number of halogens is 1. The third-order valence-electron chi connectivity index (χ3n) is 3.11. The van der Waals surface area contributed by atoms with Crippen molar-refractivity contribution in [1.29, 1.82) is 0 Å². The van der Waals surface area contributed by atoms with Gasteiger partial charge in [0.1, 0.15) is 18.0 Å². The van der Waals surface area contributed by atoms with E-state index in [-0.39, 0.29) is 12.1 Å². The summed E-state index contributed by atoms with van der Waals surface area (Å²) in [6.07, 6.45) is -0.302. The van der Waals surface area contributed by atoms with Gasteiger partial charge >= 0.3 is 6.09 Å². The van der Waals surface area contributed by atoms with Gasteiger partial charge in [-0.05, 0) is 39.8 Å². The second kappa shape index (κ2) is 5.64. The maximum absolute atomic E-state index is 12.3. The molecule has 1 atom stereocenters. The maximum Gasteiger partial charge on any atom is 0.410 e. The summed E-state index contributed by atoms with van der Waals surface area (Å²) in [6, 6.07) is 5.80. The Morgan fingerprint density at radius 2 is 2.15 bits per heavy atom. The van der Waals surface area contributed by atoms with Gasteiger partial charge in [0.15, 0.2) is 0 Å². The van der Waals surface area contributed by atoms with Crippen LogP contribution in [-0.4, -0.2) is 29.7 Å². The number of nitrogens with zero attached hydrogens (tertiary/aromatic N) is 1. The predicted octanol–water partition coefficient (Wildman–Crippen LogP) is 4.14. The molecule has 1 aliphatic rings. The summed E-state index contributed by atoms with van der Waals surface area (Å²) in [6.45, 7) is 8.58. The van der Waals surface area contributed by atoms with Gasteiger partial charge in [0.05, 0.1) is 12.6 Å². The van der Waals surface area contributed by atoms with E-state index < -0.39 is 5.60 Å². The molecule has 0 spiro atoms. The van der Waals surface area contributed by atoms with E-state index in [9.17, 15) is 4.79 Å². The highest BCUT2D eigenvalue weighted by Crippen LogP contribution is 2.34. The number of rotatable bonds is 0. The number of carbonyl (C=O) groups excluding carboxylic acids is 1. The second-order valence-corrected chi connectivity index (χ2v) is 6.80. The Kier molecular flexibility index (Phi) is 4.28. The highest BCUT2D eigenvalue weighted by atomic mass is 79.9. The van der Waals surface area contributed by atoms with Crippen LogP contribution in [0.2, 0.25) is 0 Å². The average molecular weight is 342 g/mol. The van der Waals surface area contributed by atoms with E-state index in [1.165, 1.54) is 0 Å². The van der Waals surface area contributed by atoms with Gasteiger partial charge in [-0.15, -0.1) is 0 Å². The van der Waals surface area contributed by atoms with Gasteiger partial charge in [-0.3, -0.25) is 4.90 Å². The largest absolute Gasteiger partial charge is 0.491 e. The van der Waals surface area contributed by atoms with Crippen LogP contribution in [-0.2, 0) is 4.74 Å². The first-order valence-corrected chi connectivity index (χ1v) is 7.49. The predicted molar refractivity (Wildman–Crippen MR) is 81.0 cm³/mol. The van der Waals surface area contributed by atoms with Gasteiger partial charge in [-0.1, -0.05) is 22.0 Å². The van der Waals surface area contributed by atoms with Crippen LogP contribution in [0.15, 0.2) is 22.7 Å². The third-order valence-corrected chi connectivity index (χ3v) is 3.60. The Hall–Kier alpha value is -1.23. The maximum atomic E-state index is 12.3. The summed E-state index contributed by atoms with van der Waals surface area (Å²) in [5, 5.41) is 0. The van der Waals surface area contributed by atoms with Crippen LogP contribution in [0.1, 0.15) is 39.3 Å². The van der Waals surface area contributed by atoms with Crippen molar-refractivity contribution >= 4 is 22.0 Å². The first kappa shape index (κ1) is 15.2. The smallest absolute Gasteiger partial charge is 0.410 e. The van der Waals surface area contributed by atoms with E-state index in [0.717, 1.165) is 15.8 Å². The monoisotopic (exact) mass is 341 g/mol. The van der Waals surface area contributed by atoms with E-state index in [1.54, 1.807) is 4.90 Å². The normalized spacial score (nSPS) is 18.9. The minimum Gasteiger partial charge on any atom is -0.491 e. The minimum atomic E-state index is -0.494. The Morgan fingerprint density at radius 3 is 2.80 bits per heavy atom. The summed E-state index contributed by atoms with van der Waals surface area (Å²) in [4.78, 5) is 14.0. The molecule has 2 rings (SSSR count). The lowest BCUT2D eigenvalue weighted by molar-refractivity contribution is 0.0167. The minimum absolute atomic E-state index is 0.0737. The number of hydrogen-bond acceptors (Lipinski definition) is 3. The molecule has 0 bridgehead atoms. The lowest BCUT2D eigenvalue weighted by Gasteiger charge is -2.30. The Labute approximate surface area is 128 Å². The molecule has 1 amide bonds. The number of amides is 1. The summed E-state index contributed by atoms with van der Waals surface area (Å²) >= 11 is 3.43. The molecule has 4 nitrogen and oxygen atoms in total. The van der Waals surface area contributed by atoms with Gasteiger partial charge in [0, 0.05) is 10.0 Å². The van der Waals surface area contributed by atoms with Crippen LogP contribution in [0.5, 0.6) is 5.75 Å². The number of benzene rings is 1. The quantitative estimate of drug-likeness (QED) is 0.711. The van der Waals surface area contributed by atoms with Crippen LogP contribution in [0.25, 0.3) is 0 Å². The number of ether oxygens (including phenoxy) is 2. The lowest BCUT2D eigenvalue weighted by Crippen LogP contribution is -2.39. The van der Waals surface area contributed by atoms with Crippen molar-refractivity contribution < 1.29 is 14.3 Å². The zero-order valence-electron chi connectivity index (χ0n) is 12.3. The van der Waals surface area contributed by atoms with Crippen LogP contribution in [0.4, 0.5) is 4.79 Å². The van der Waals surface area contributed by atoms with Crippen molar-refractivity contribution in [2.45, 2.75) is 39.3 Å².